The second kappa shape index (κ2) is 6.58. The molecular weight excluding hydrogens is 393 g/mol. The predicted octanol–water partition coefficient (Wildman–Crippen LogP) is 2.98. The Kier molecular flexibility index (Phi) is 5.72. The summed E-state index contributed by atoms with van der Waals surface area (Å²) in [5, 5.41) is 0. The zero-order valence-electron chi connectivity index (χ0n) is 9.77. The highest BCUT2D eigenvalue weighted by Gasteiger charge is 2.27. The molecule has 0 spiro atoms. The van der Waals surface area contributed by atoms with Crippen LogP contribution in [-0.2, 0) is 6.54 Å². The van der Waals surface area contributed by atoms with Gasteiger partial charge in [-0.05, 0) is 30.5 Å². The van der Waals surface area contributed by atoms with Gasteiger partial charge in [0.1, 0.15) is 0 Å². The lowest BCUT2D eigenvalue weighted by atomic mass is 10.2. The van der Waals surface area contributed by atoms with Crippen molar-refractivity contribution in [2.75, 3.05) is 7.05 Å². The Bertz CT molecular complexity index is 404. The van der Waals surface area contributed by atoms with E-state index in [1.165, 1.54) is 18.4 Å². The van der Waals surface area contributed by atoms with Crippen LogP contribution in [0.5, 0.6) is 0 Å². The van der Waals surface area contributed by atoms with Crippen LogP contribution in [0.1, 0.15) is 18.4 Å². The van der Waals surface area contributed by atoms with Crippen LogP contribution >= 0.6 is 39.9 Å². The van der Waals surface area contributed by atoms with Crippen LogP contribution in [0.15, 0.2) is 33.7 Å². The molecule has 0 atom stereocenters. The van der Waals surface area contributed by atoms with E-state index in [1.54, 1.807) is 0 Å². The van der Waals surface area contributed by atoms with Crippen LogP contribution < -0.4 is 5.73 Å². The van der Waals surface area contributed by atoms with Crippen LogP contribution in [0.25, 0.3) is 0 Å². The van der Waals surface area contributed by atoms with Gasteiger partial charge in [0.05, 0.1) is 6.54 Å². The van der Waals surface area contributed by atoms with Crippen molar-refractivity contribution in [3.05, 3.63) is 34.3 Å². The molecule has 94 valence electrons. The van der Waals surface area contributed by atoms with Gasteiger partial charge in [0.2, 0.25) is 0 Å². The lowest BCUT2D eigenvalue weighted by Gasteiger charge is -2.16. The van der Waals surface area contributed by atoms with Gasteiger partial charge < -0.3 is 10.6 Å². The highest BCUT2D eigenvalue weighted by molar-refractivity contribution is 14.0. The molecule has 0 radical (unpaired) electrons. The molecule has 0 amide bonds. The van der Waals surface area contributed by atoms with E-state index in [2.05, 4.69) is 38.0 Å². The van der Waals surface area contributed by atoms with Crippen molar-refractivity contribution in [2.45, 2.75) is 25.4 Å². The Morgan fingerprint density at radius 3 is 2.82 bits per heavy atom. The van der Waals surface area contributed by atoms with E-state index >= 15 is 0 Å². The van der Waals surface area contributed by atoms with Gasteiger partial charge in [0.15, 0.2) is 5.96 Å². The van der Waals surface area contributed by atoms with E-state index in [-0.39, 0.29) is 24.0 Å². The van der Waals surface area contributed by atoms with E-state index in [4.69, 9.17) is 5.73 Å². The molecule has 1 aromatic carbocycles. The summed E-state index contributed by atoms with van der Waals surface area (Å²) < 4.78 is 1.08. The molecule has 5 heteroatoms. The Hall–Kier alpha value is -0.300. The zero-order chi connectivity index (χ0) is 11.5. The third-order valence-electron chi connectivity index (χ3n) is 2.77. The molecule has 2 rings (SSSR count). The number of benzene rings is 1. The maximum absolute atomic E-state index is 5.91. The maximum atomic E-state index is 5.91. The summed E-state index contributed by atoms with van der Waals surface area (Å²) in [6, 6.07) is 8.75. The molecule has 0 unspecified atom stereocenters. The number of aliphatic imine (C=N–C) groups is 1. The molecule has 0 aromatic heterocycles. The highest BCUT2D eigenvalue weighted by atomic mass is 127. The van der Waals surface area contributed by atoms with E-state index in [0.717, 1.165) is 4.47 Å². The lowest BCUT2D eigenvalue weighted by Crippen LogP contribution is -2.35. The number of rotatable bonds is 3. The number of nitrogens with two attached hydrogens (primary N) is 1. The molecule has 0 bridgehead atoms. The average Bonchev–Trinajstić information content (AvgIpc) is 3.09. The summed E-state index contributed by atoms with van der Waals surface area (Å²) in [7, 11) is 2.01. The molecule has 17 heavy (non-hydrogen) atoms. The first-order chi connectivity index (χ1) is 7.66. The lowest BCUT2D eigenvalue weighted by molar-refractivity contribution is 0.487. The second-order valence-corrected chi connectivity index (χ2v) is 5.06. The number of halogens is 2. The summed E-state index contributed by atoms with van der Waals surface area (Å²) in [6.07, 6.45) is 2.48. The van der Waals surface area contributed by atoms with E-state index < -0.39 is 0 Å². The summed E-state index contributed by atoms with van der Waals surface area (Å²) >= 11 is 3.44. The molecule has 2 N–H and O–H groups in total. The van der Waals surface area contributed by atoms with Crippen molar-refractivity contribution < 1.29 is 0 Å². The van der Waals surface area contributed by atoms with Gasteiger partial charge in [-0.1, -0.05) is 28.1 Å². The summed E-state index contributed by atoms with van der Waals surface area (Å²) in [5.41, 5.74) is 7.08. The van der Waals surface area contributed by atoms with Crippen LogP contribution in [0, 0.1) is 0 Å². The molecule has 3 nitrogen and oxygen atoms in total. The molecular formula is C12H17BrIN3. The van der Waals surface area contributed by atoms with Crippen LogP contribution in [-0.4, -0.2) is 23.9 Å². The predicted molar refractivity (Wildman–Crippen MR) is 85.7 cm³/mol. The summed E-state index contributed by atoms with van der Waals surface area (Å²) in [4.78, 5) is 6.46. The van der Waals surface area contributed by atoms with Gasteiger partial charge in [0.25, 0.3) is 0 Å². The smallest absolute Gasteiger partial charge is 0.191 e. The highest BCUT2D eigenvalue weighted by Crippen LogP contribution is 2.24. The van der Waals surface area contributed by atoms with E-state index in [0.29, 0.717) is 18.5 Å². The van der Waals surface area contributed by atoms with Crippen molar-refractivity contribution in [3.8, 4) is 0 Å². The fourth-order valence-electron chi connectivity index (χ4n) is 1.57. The molecule has 0 saturated heterocycles. The third-order valence-corrected chi connectivity index (χ3v) is 3.26. The molecule has 1 aliphatic carbocycles. The van der Waals surface area contributed by atoms with Crippen LogP contribution in [0.2, 0.25) is 0 Å². The van der Waals surface area contributed by atoms with Gasteiger partial charge in [-0.3, -0.25) is 0 Å². The molecule has 1 fully saturated rings. The Morgan fingerprint density at radius 1 is 1.53 bits per heavy atom. The SMILES string of the molecule is CN(C(N)=NCc1cccc(Br)c1)C1CC1.I. The summed E-state index contributed by atoms with van der Waals surface area (Å²) in [6.45, 7) is 0.641. The molecule has 0 aliphatic heterocycles. The van der Waals surface area contributed by atoms with Crippen molar-refractivity contribution in [3.63, 3.8) is 0 Å². The van der Waals surface area contributed by atoms with Gasteiger partial charge in [-0.15, -0.1) is 24.0 Å². The minimum absolute atomic E-state index is 0. The first-order valence-corrected chi connectivity index (χ1v) is 6.23. The average molecular weight is 410 g/mol. The van der Waals surface area contributed by atoms with Gasteiger partial charge in [-0.25, -0.2) is 4.99 Å². The first kappa shape index (κ1) is 14.8. The first-order valence-electron chi connectivity index (χ1n) is 5.44. The van der Waals surface area contributed by atoms with Crippen molar-refractivity contribution in [1.82, 2.24) is 4.90 Å². The minimum atomic E-state index is 0. The monoisotopic (exact) mass is 409 g/mol. The zero-order valence-corrected chi connectivity index (χ0v) is 13.7. The number of guanidine groups is 1. The topological polar surface area (TPSA) is 41.6 Å². The molecule has 0 heterocycles. The van der Waals surface area contributed by atoms with Gasteiger partial charge in [-0.2, -0.15) is 0 Å². The largest absolute Gasteiger partial charge is 0.370 e. The minimum Gasteiger partial charge on any atom is -0.370 e. The van der Waals surface area contributed by atoms with Crippen LogP contribution in [0.4, 0.5) is 0 Å². The van der Waals surface area contributed by atoms with Gasteiger partial charge in [0, 0.05) is 17.6 Å². The fourth-order valence-corrected chi connectivity index (χ4v) is 2.01. The third kappa shape index (κ3) is 4.46. The molecule has 1 aliphatic rings. The number of nitrogens with zero attached hydrogens (tertiary/aromatic N) is 2. The van der Waals surface area contributed by atoms with Crippen LogP contribution in [0.3, 0.4) is 0 Å². The van der Waals surface area contributed by atoms with Crippen molar-refractivity contribution in [2.24, 2.45) is 10.7 Å². The maximum Gasteiger partial charge on any atom is 0.191 e. The molecule has 1 aromatic rings. The summed E-state index contributed by atoms with van der Waals surface area (Å²) in [5.74, 6) is 0.641. The van der Waals surface area contributed by atoms with E-state index in [1.807, 2.05) is 19.2 Å². The quantitative estimate of drug-likeness (QED) is 0.473. The Labute approximate surface area is 128 Å². The number of hydrogen-bond donors (Lipinski definition) is 1. The van der Waals surface area contributed by atoms with Crippen molar-refractivity contribution in [1.29, 1.82) is 0 Å². The van der Waals surface area contributed by atoms with Crippen molar-refractivity contribution >= 4 is 45.9 Å². The van der Waals surface area contributed by atoms with Gasteiger partial charge >= 0.3 is 0 Å². The molecule has 1 saturated carbocycles. The van der Waals surface area contributed by atoms with E-state index in [9.17, 15) is 0 Å². The second-order valence-electron chi connectivity index (χ2n) is 4.15. The Balaban J connectivity index is 0.00000144. The Morgan fingerprint density at radius 2 is 2.24 bits per heavy atom. The normalized spacial score (nSPS) is 15.3. The fraction of sp³-hybridized carbons (Fsp3) is 0.417. The number of hydrogen-bond acceptors (Lipinski definition) is 1. The standard InChI is InChI=1S/C12H16BrN3.HI/c1-16(11-5-6-11)12(14)15-8-9-3-2-4-10(13)7-9;/h2-4,7,11H,5-6,8H2,1H3,(H2,14,15);1H.